The van der Waals surface area contributed by atoms with E-state index in [0.29, 0.717) is 10.6 Å². The van der Waals surface area contributed by atoms with Crippen molar-refractivity contribution in [1.29, 1.82) is 0 Å². The first-order chi connectivity index (χ1) is 9.91. The van der Waals surface area contributed by atoms with Crippen LogP contribution >= 0.6 is 28.1 Å². The Bertz CT molecular complexity index is 675. The largest absolute Gasteiger partial charge is 0.389 e. The number of thiocarbonyl (C=S) groups is 1. The Balaban J connectivity index is 2.43. The zero-order valence-corrected chi connectivity index (χ0v) is 14.2. The molecule has 0 aliphatic heterocycles. The molecule has 1 atom stereocenters. The molecule has 110 valence electrons. The van der Waals surface area contributed by atoms with E-state index < -0.39 is 0 Å². The molecule has 0 bridgehead atoms. The quantitative estimate of drug-likeness (QED) is 0.812. The molecule has 2 aromatic rings. The highest BCUT2D eigenvalue weighted by Crippen LogP contribution is 2.31. The lowest BCUT2D eigenvalue weighted by Gasteiger charge is -2.29. The third-order valence-electron chi connectivity index (χ3n) is 3.54. The predicted octanol–water partition coefficient (Wildman–Crippen LogP) is 4.42. The first kappa shape index (κ1) is 15.9. The predicted molar refractivity (Wildman–Crippen MR) is 93.2 cm³/mol. The summed E-state index contributed by atoms with van der Waals surface area (Å²) in [5.74, 6) is -0.217. The number of halogens is 2. The Labute approximate surface area is 137 Å². The normalized spacial score (nSPS) is 12.0. The number of hydrogen-bond acceptors (Lipinski definition) is 2. The number of anilines is 1. The van der Waals surface area contributed by atoms with Crippen LogP contribution in [-0.2, 0) is 0 Å². The molecule has 2 aromatic carbocycles. The molecule has 1 unspecified atom stereocenters. The van der Waals surface area contributed by atoms with E-state index in [-0.39, 0.29) is 11.9 Å². The smallest absolute Gasteiger partial charge is 0.128 e. The summed E-state index contributed by atoms with van der Waals surface area (Å²) in [4.78, 5) is 2.29. The van der Waals surface area contributed by atoms with Gasteiger partial charge in [0.05, 0.1) is 6.04 Å². The third kappa shape index (κ3) is 3.41. The maximum Gasteiger partial charge on any atom is 0.128 e. The van der Waals surface area contributed by atoms with Crippen molar-refractivity contribution in [2.45, 2.75) is 13.0 Å². The average Bonchev–Trinajstić information content (AvgIpc) is 2.46. The van der Waals surface area contributed by atoms with Gasteiger partial charge in [-0.25, -0.2) is 4.39 Å². The SMILES string of the molecule is CC(c1ccccc1F)N(C)c1ccc(Br)cc1C(N)=S. The molecular formula is C16H16BrFN2S. The lowest BCUT2D eigenvalue weighted by Crippen LogP contribution is -2.25. The van der Waals surface area contributed by atoms with E-state index in [1.807, 2.05) is 43.1 Å². The first-order valence-corrected chi connectivity index (χ1v) is 7.68. The van der Waals surface area contributed by atoms with Gasteiger partial charge >= 0.3 is 0 Å². The lowest BCUT2D eigenvalue weighted by molar-refractivity contribution is 0.585. The van der Waals surface area contributed by atoms with Crippen LogP contribution in [0.25, 0.3) is 0 Å². The van der Waals surface area contributed by atoms with Gasteiger partial charge in [0.15, 0.2) is 0 Å². The maximum absolute atomic E-state index is 14.0. The summed E-state index contributed by atoms with van der Waals surface area (Å²) in [5, 5.41) is 0. The number of hydrogen-bond donors (Lipinski definition) is 1. The molecular weight excluding hydrogens is 351 g/mol. The van der Waals surface area contributed by atoms with Gasteiger partial charge < -0.3 is 10.6 Å². The van der Waals surface area contributed by atoms with Crippen molar-refractivity contribution in [3.8, 4) is 0 Å². The zero-order valence-electron chi connectivity index (χ0n) is 11.8. The highest BCUT2D eigenvalue weighted by atomic mass is 79.9. The average molecular weight is 367 g/mol. The van der Waals surface area contributed by atoms with E-state index in [1.54, 1.807) is 12.1 Å². The molecule has 0 fully saturated rings. The van der Waals surface area contributed by atoms with Crippen molar-refractivity contribution in [2.24, 2.45) is 5.73 Å². The summed E-state index contributed by atoms with van der Waals surface area (Å²) < 4.78 is 14.9. The molecule has 0 saturated heterocycles. The minimum absolute atomic E-state index is 0.138. The van der Waals surface area contributed by atoms with Gasteiger partial charge in [-0.15, -0.1) is 0 Å². The molecule has 0 spiro atoms. The second-order valence-corrected chi connectivity index (χ2v) is 6.19. The van der Waals surface area contributed by atoms with Gasteiger partial charge in [-0.1, -0.05) is 46.3 Å². The van der Waals surface area contributed by atoms with Crippen molar-refractivity contribution < 1.29 is 4.39 Å². The molecule has 0 amide bonds. The monoisotopic (exact) mass is 366 g/mol. The molecule has 0 saturated carbocycles. The van der Waals surface area contributed by atoms with Gasteiger partial charge in [0.2, 0.25) is 0 Å². The van der Waals surface area contributed by atoms with Crippen LogP contribution in [0.4, 0.5) is 10.1 Å². The molecule has 5 heteroatoms. The van der Waals surface area contributed by atoms with E-state index in [0.717, 1.165) is 15.7 Å². The molecule has 0 heterocycles. The van der Waals surface area contributed by atoms with Crippen molar-refractivity contribution >= 4 is 38.8 Å². The number of benzene rings is 2. The van der Waals surface area contributed by atoms with Crippen LogP contribution in [0, 0.1) is 5.82 Å². The Morgan fingerprint density at radius 2 is 1.95 bits per heavy atom. The molecule has 2 N–H and O–H groups in total. The highest BCUT2D eigenvalue weighted by molar-refractivity contribution is 9.10. The van der Waals surface area contributed by atoms with E-state index in [2.05, 4.69) is 15.9 Å². The van der Waals surface area contributed by atoms with Gasteiger partial charge in [-0.3, -0.25) is 0 Å². The molecule has 2 nitrogen and oxygen atoms in total. The van der Waals surface area contributed by atoms with Crippen LogP contribution < -0.4 is 10.6 Å². The fourth-order valence-corrected chi connectivity index (χ4v) is 2.77. The Hall–Kier alpha value is -1.46. The summed E-state index contributed by atoms with van der Waals surface area (Å²) in [7, 11) is 1.90. The third-order valence-corrected chi connectivity index (χ3v) is 4.25. The molecule has 0 aliphatic carbocycles. The van der Waals surface area contributed by atoms with Crippen molar-refractivity contribution in [1.82, 2.24) is 0 Å². The van der Waals surface area contributed by atoms with Crippen LogP contribution in [0.2, 0.25) is 0 Å². The van der Waals surface area contributed by atoms with Gasteiger partial charge in [0, 0.05) is 28.3 Å². The van der Waals surface area contributed by atoms with E-state index in [1.165, 1.54) is 6.07 Å². The van der Waals surface area contributed by atoms with Crippen molar-refractivity contribution in [3.63, 3.8) is 0 Å². The summed E-state index contributed by atoms with van der Waals surface area (Å²) in [5.41, 5.74) is 8.08. The topological polar surface area (TPSA) is 29.3 Å². The minimum Gasteiger partial charge on any atom is -0.389 e. The molecule has 0 aliphatic rings. The number of rotatable bonds is 4. The lowest BCUT2D eigenvalue weighted by atomic mass is 10.0. The molecule has 0 aromatic heterocycles. The van der Waals surface area contributed by atoms with Crippen LogP contribution in [-0.4, -0.2) is 12.0 Å². The van der Waals surface area contributed by atoms with Crippen LogP contribution in [0.1, 0.15) is 24.1 Å². The van der Waals surface area contributed by atoms with Gasteiger partial charge in [0.25, 0.3) is 0 Å². The fourth-order valence-electron chi connectivity index (χ4n) is 2.24. The highest BCUT2D eigenvalue weighted by Gasteiger charge is 2.19. The van der Waals surface area contributed by atoms with E-state index in [9.17, 15) is 4.39 Å². The van der Waals surface area contributed by atoms with Gasteiger partial charge in [0.1, 0.15) is 10.8 Å². The zero-order chi connectivity index (χ0) is 15.6. The molecule has 2 rings (SSSR count). The van der Waals surface area contributed by atoms with Gasteiger partial charge in [-0.2, -0.15) is 0 Å². The van der Waals surface area contributed by atoms with Crippen LogP contribution in [0.15, 0.2) is 46.9 Å². The minimum atomic E-state index is -0.217. The summed E-state index contributed by atoms with van der Waals surface area (Å²) in [6.45, 7) is 1.95. The van der Waals surface area contributed by atoms with E-state index in [4.69, 9.17) is 18.0 Å². The van der Waals surface area contributed by atoms with Crippen LogP contribution in [0.5, 0.6) is 0 Å². The van der Waals surface area contributed by atoms with Crippen molar-refractivity contribution in [3.05, 3.63) is 63.9 Å². The summed E-state index contributed by atoms with van der Waals surface area (Å²) in [6.07, 6.45) is 0. The second-order valence-electron chi connectivity index (χ2n) is 4.83. The number of nitrogens with zero attached hydrogens (tertiary/aromatic N) is 1. The van der Waals surface area contributed by atoms with Crippen molar-refractivity contribution in [2.75, 3.05) is 11.9 Å². The summed E-state index contributed by atoms with van der Waals surface area (Å²) in [6, 6.07) is 12.4. The maximum atomic E-state index is 14.0. The van der Waals surface area contributed by atoms with Crippen LogP contribution in [0.3, 0.4) is 0 Å². The van der Waals surface area contributed by atoms with E-state index >= 15 is 0 Å². The Kier molecular flexibility index (Phi) is 4.96. The number of nitrogens with two attached hydrogens (primary N) is 1. The summed E-state index contributed by atoms with van der Waals surface area (Å²) >= 11 is 8.53. The first-order valence-electron chi connectivity index (χ1n) is 6.48. The Morgan fingerprint density at radius 3 is 2.57 bits per heavy atom. The molecule has 21 heavy (non-hydrogen) atoms. The Morgan fingerprint density at radius 1 is 1.29 bits per heavy atom. The molecule has 0 radical (unpaired) electrons. The fraction of sp³-hybridized carbons (Fsp3) is 0.188. The second kappa shape index (κ2) is 6.54. The van der Waals surface area contributed by atoms with Gasteiger partial charge in [-0.05, 0) is 31.2 Å². The standard InChI is InChI=1S/C16H16BrFN2S/c1-10(12-5-3-4-6-14(12)18)20(2)15-8-7-11(17)9-13(15)16(19)21/h3-10H,1-2H3,(H2,19,21).